The Morgan fingerprint density at radius 3 is 2.39 bits per heavy atom. The lowest BCUT2D eigenvalue weighted by Crippen LogP contribution is -2.24. The molecule has 4 heteroatoms. The topological polar surface area (TPSA) is 41.1 Å². The van der Waals surface area contributed by atoms with Gasteiger partial charge in [-0.3, -0.25) is 4.79 Å². The molecule has 0 spiro atoms. The Balaban J connectivity index is 0.00000192. The molecule has 0 aromatic heterocycles. The third-order valence-corrected chi connectivity index (χ3v) is 4.19. The summed E-state index contributed by atoms with van der Waals surface area (Å²) in [5.74, 6) is 0.0721. The summed E-state index contributed by atoms with van der Waals surface area (Å²) in [7, 11) is 0. The molecule has 0 bridgehead atoms. The van der Waals surface area contributed by atoms with Crippen LogP contribution in [-0.2, 0) is 37.3 Å². The van der Waals surface area contributed by atoms with Crippen LogP contribution >= 0.6 is 12.4 Å². The van der Waals surface area contributed by atoms with Crippen LogP contribution in [0.1, 0.15) is 34.7 Å². The van der Waals surface area contributed by atoms with Crippen molar-refractivity contribution in [2.24, 2.45) is 0 Å². The fourth-order valence-electron chi connectivity index (χ4n) is 2.80. The number of benzene rings is 2. The summed E-state index contributed by atoms with van der Waals surface area (Å²) in [6, 6.07) is 14.7. The van der Waals surface area contributed by atoms with Gasteiger partial charge in [0.2, 0.25) is 5.91 Å². The highest BCUT2D eigenvalue weighted by Gasteiger charge is 2.10. The van der Waals surface area contributed by atoms with Crippen LogP contribution in [0.25, 0.3) is 0 Å². The second-order valence-corrected chi connectivity index (χ2v) is 5.83. The Bertz CT molecular complexity index is 668. The fraction of sp³-hybridized carbons (Fsp3) is 0.316. The second kappa shape index (κ2) is 8.14. The van der Waals surface area contributed by atoms with Crippen molar-refractivity contribution in [3.05, 3.63) is 70.3 Å². The van der Waals surface area contributed by atoms with Gasteiger partial charge >= 0.3 is 0 Å². The molecule has 0 fully saturated rings. The summed E-state index contributed by atoms with van der Waals surface area (Å²) in [5.41, 5.74) is 6.24. The average Bonchev–Trinajstić information content (AvgIpc) is 3.01. The Hall–Kier alpha value is -1.84. The number of carbonyl (C=O) groups is 1. The van der Waals surface area contributed by atoms with Crippen molar-refractivity contribution in [1.82, 2.24) is 10.6 Å². The van der Waals surface area contributed by atoms with Gasteiger partial charge in [-0.05, 0) is 34.2 Å². The number of hydrogen-bond donors (Lipinski definition) is 2. The third-order valence-electron chi connectivity index (χ3n) is 4.19. The van der Waals surface area contributed by atoms with Crippen LogP contribution in [0.5, 0.6) is 0 Å². The number of carbonyl (C=O) groups excluding carboxylic acids is 1. The van der Waals surface area contributed by atoms with Crippen molar-refractivity contribution in [1.29, 1.82) is 0 Å². The average molecular weight is 331 g/mol. The van der Waals surface area contributed by atoms with Crippen LogP contribution in [0.4, 0.5) is 0 Å². The Labute approximate surface area is 143 Å². The molecule has 0 aliphatic carbocycles. The van der Waals surface area contributed by atoms with Crippen LogP contribution in [0, 0.1) is 0 Å². The zero-order valence-corrected chi connectivity index (χ0v) is 14.2. The molecule has 0 unspecified atom stereocenters. The van der Waals surface area contributed by atoms with Crippen LogP contribution in [0.15, 0.2) is 42.5 Å². The first-order valence-corrected chi connectivity index (χ1v) is 7.90. The quantitative estimate of drug-likeness (QED) is 0.884. The van der Waals surface area contributed by atoms with Crippen LogP contribution < -0.4 is 10.6 Å². The van der Waals surface area contributed by atoms with Crippen molar-refractivity contribution in [3.63, 3.8) is 0 Å². The highest BCUT2D eigenvalue weighted by molar-refractivity contribution is 5.85. The molecule has 3 rings (SSSR count). The van der Waals surface area contributed by atoms with Gasteiger partial charge in [0.25, 0.3) is 0 Å². The molecule has 0 saturated heterocycles. The first kappa shape index (κ1) is 17.5. The molecular weight excluding hydrogens is 308 g/mol. The number of fused-ring (bicyclic) bond motifs is 1. The molecule has 1 amide bonds. The van der Waals surface area contributed by atoms with E-state index in [9.17, 15) is 4.79 Å². The van der Waals surface area contributed by atoms with Gasteiger partial charge in [-0.15, -0.1) is 12.4 Å². The van der Waals surface area contributed by atoms with E-state index in [0.29, 0.717) is 13.0 Å². The summed E-state index contributed by atoms with van der Waals surface area (Å²) in [4.78, 5) is 12.1. The molecule has 1 aliphatic rings. The maximum Gasteiger partial charge on any atom is 0.224 e. The predicted molar refractivity (Wildman–Crippen MR) is 95.6 cm³/mol. The van der Waals surface area contributed by atoms with Gasteiger partial charge in [0.15, 0.2) is 0 Å². The Morgan fingerprint density at radius 1 is 1.00 bits per heavy atom. The summed E-state index contributed by atoms with van der Waals surface area (Å²) in [6.07, 6.45) is 1.47. The number of halogens is 1. The van der Waals surface area contributed by atoms with Crippen molar-refractivity contribution >= 4 is 18.3 Å². The van der Waals surface area contributed by atoms with E-state index in [-0.39, 0.29) is 18.3 Å². The van der Waals surface area contributed by atoms with Gasteiger partial charge < -0.3 is 10.6 Å². The number of rotatable bonds is 5. The van der Waals surface area contributed by atoms with Gasteiger partial charge in [-0.1, -0.05) is 49.4 Å². The molecule has 0 radical (unpaired) electrons. The standard InChI is InChI=1S/C19H22N2O.ClH/c1-2-14-3-5-15(6-4-14)10-19(22)21-11-16-7-8-17-12-20-13-18(17)9-16;/h3-9,20H,2,10-13H2,1H3,(H,21,22);1H. The first-order valence-electron chi connectivity index (χ1n) is 7.90. The minimum atomic E-state index is 0. The summed E-state index contributed by atoms with van der Waals surface area (Å²) in [6.45, 7) is 4.61. The largest absolute Gasteiger partial charge is 0.352 e. The van der Waals surface area contributed by atoms with Crippen molar-refractivity contribution < 1.29 is 4.79 Å². The molecule has 1 aliphatic heterocycles. The number of amides is 1. The van der Waals surface area contributed by atoms with Crippen LogP contribution in [-0.4, -0.2) is 5.91 Å². The van der Waals surface area contributed by atoms with E-state index in [1.165, 1.54) is 16.7 Å². The van der Waals surface area contributed by atoms with Crippen molar-refractivity contribution in [2.45, 2.75) is 39.4 Å². The van der Waals surface area contributed by atoms with Crippen molar-refractivity contribution in [2.75, 3.05) is 0 Å². The normalized spacial score (nSPS) is 12.4. The van der Waals surface area contributed by atoms with E-state index in [1.807, 2.05) is 12.1 Å². The number of hydrogen-bond acceptors (Lipinski definition) is 2. The Morgan fingerprint density at radius 2 is 1.65 bits per heavy atom. The minimum absolute atomic E-state index is 0. The zero-order valence-electron chi connectivity index (χ0n) is 13.4. The highest BCUT2D eigenvalue weighted by Crippen LogP contribution is 2.17. The molecule has 2 N–H and O–H groups in total. The monoisotopic (exact) mass is 330 g/mol. The van der Waals surface area contributed by atoms with E-state index in [1.54, 1.807) is 0 Å². The Kier molecular flexibility index (Phi) is 6.20. The zero-order chi connectivity index (χ0) is 15.4. The number of nitrogens with one attached hydrogen (secondary N) is 2. The van der Waals surface area contributed by atoms with Crippen LogP contribution in [0.2, 0.25) is 0 Å². The third kappa shape index (κ3) is 4.57. The van der Waals surface area contributed by atoms with Gasteiger partial charge in [0.1, 0.15) is 0 Å². The van der Waals surface area contributed by atoms with Crippen LogP contribution in [0.3, 0.4) is 0 Å². The second-order valence-electron chi connectivity index (χ2n) is 5.83. The summed E-state index contributed by atoms with van der Waals surface area (Å²) < 4.78 is 0. The molecule has 2 aromatic carbocycles. The van der Waals surface area contributed by atoms with E-state index >= 15 is 0 Å². The maximum atomic E-state index is 12.1. The number of aryl methyl sites for hydroxylation is 1. The minimum Gasteiger partial charge on any atom is -0.352 e. The van der Waals surface area contributed by atoms with Gasteiger partial charge in [-0.2, -0.15) is 0 Å². The fourth-order valence-corrected chi connectivity index (χ4v) is 2.80. The predicted octanol–water partition coefficient (Wildman–Crippen LogP) is 3.13. The molecule has 0 saturated carbocycles. The van der Waals surface area contributed by atoms with Gasteiger partial charge in [0, 0.05) is 19.6 Å². The smallest absolute Gasteiger partial charge is 0.224 e. The van der Waals surface area contributed by atoms with E-state index in [0.717, 1.165) is 30.6 Å². The molecule has 3 nitrogen and oxygen atoms in total. The summed E-state index contributed by atoms with van der Waals surface area (Å²) >= 11 is 0. The van der Waals surface area contributed by atoms with E-state index < -0.39 is 0 Å². The van der Waals surface area contributed by atoms with Gasteiger partial charge in [-0.25, -0.2) is 0 Å². The van der Waals surface area contributed by atoms with Gasteiger partial charge in [0.05, 0.1) is 6.42 Å². The molecular formula is C19H23ClN2O. The molecule has 0 atom stereocenters. The lowest BCUT2D eigenvalue weighted by Gasteiger charge is -2.08. The first-order chi connectivity index (χ1) is 10.7. The van der Waals surface area contributed by atoms with E-state index in [4.69, 9.17) is 0 Å². The molecule has 2 aromatic rings. The van der Waals surface area contributed by atoms with Crippen molar-refractivity contribution in [3.8, 4) is 0 Å². The van der Waals surface area contributed by atoms with E-state index in [2.05, 4.69) is 47.9 Å². The summed E-state index contributed by atoms with van der Waals surface area (Å²) in [5, 5.41) is 6.34. The maximum absolute atomic E-state index is 12.1. The molecule has 23 heavy (non-hydrogen) atoms. The highest BCUT2D eigenvalue weighted by atomic mass is 35.5. The lowest BCUT2D eigenvalue weighted by atomic mass is 10.1. The lowest BCUT2D eigenvalue weighted by molar-refractivity contribution is -0.120. The molecule has 1 heterocycles. The SMILES string of the molecule is CCc1ccc(CC(=O)NCc2ccc3c(c2)CNC3)cc1.Cl. The molecule has 122 valence electrons.